The quantitative estimate of drug-likeness (QED) is 0.639. The van der Waals surface area contributed by atoms with E-state index in [0.717, 1.165) is 5.56 Å². The van der Waals surface area contributed by atoms with Gasteiger partial charge in [0, 0.05) is 35.7 Å². The molecule has 0 aromatic heterocycles. The van der Waals surface area contributed by atoms with Crippen LogP contribution >= 0.6 is 15.9 Å². The lowest BCUT2D eigenvalue weighted by atomic mass is 10.1. The number of nitro benzene ring substituents is 1. The molecule has 1 atom stereocenters. The molecule has 21 heavy (non-hydrogen) atoms. The number of morpholine rings is 1. The molecule has 1 N–H and O–H groups in total. The average molecular weight is 359 g/mol. The molecule has 1 heterocycles. The van der Waals surface area contributed by atoms with Gasteiger partial charge in [0.05, 0.1) is 24.6 Å². The van der Waals surface area contributed by atoms with Crippen LogP contribution in [0.2, 0.25) is 0 Å². The summed E-state index contributed by atoms with van der Waals surface area (Å²) in [5.74, 6) is -0.863. The van der Waals surface area contributed by atoms with Crippen molar-refractivity contribution in [3.8, 4) is 0 Å². The standard InChI is InChI=1S/C13H15BrN2O5/c14-12-5-10(16(19)20)2-1-9(12)7-15-3-4-21-8-11(15)6-13(17)18/h1-2,5,11H,3-4,6-8H2,(H,17,18). The van der Waals surface area contributed by atoms with Crippen LogP contribution in [-0.2, 0) is 16.1 Å². The average Bonchev–Trinajstić information content (AvgIpc) is 2.42. The van der Waals surface area contributed by atoms with Gasteiger partial charge < -0.3 is 9.84 Å². The van der Waals surface area contributed by atoms with Gasteiger partial charge in [-0.25, -0.2) is 0 Å². The Morgan fingerprint density at radius 3 is 2.95 bits per heavy atom. The molecule has 1 fully saturated rings. The third-order valence-corrected chi connectivity index (χ3v) is 4.12. The van der Waals surface area contributed by atoms with E-state index in [1.54, 1.807) is 6.07 Å². The molecule has 0 saturated carbocycles. The summed E-state index contributed by atoms with van der Waals surface area (Å²) in [5.41, 5.74) is 0.910. The van der Waals surface area contributed by atoms with Crippen LogP contribution in [0.25, 0.3) is 0 Å². The first-order valence-corrected chi connectivity index (χ1v) is 7.23. The van der Waals surface area contributed by atoms with Gasteiger partial charge in [-0.3, -0.25) is 19.8 Å². The molecule has 1 aromatic rings. The van der Waals surface area contributed by atoms with Crippen LogP contribution in [0.15, 0.2) is 22.7 Å². The molecule has 1 saturated heterocycles. The molecule has 114 valence electrons. The minimum absolute atomic E-state index is 0.0185. The molecule has 1 aromatic carbocycles. The van der Waals surface area contributed by atoms with Gasteiger partial charge in [-0.1, -0.05) is 15.9 Å². The van der Waals surface area contributed by atoms with E-state index in [2.05, 4.69) is 15.9 Å². The Morgan fingerprint density at radius 2 is 2.33 bits per heavy atom. The number of hydrogen-bond acceptors (Lipinski definition) is 5. The van der Waals surface area contributed by atoms with Crippen LogP contribution in [0.5, 0.6) is 0 Å². The molecular weight excluding hydrogens is 344 g/mol. The lowest BCUT2D eigenvalue weighted by molar-refractivity contribution is -0.384. The lowest BCUT2D eigenvalue weighted by Gasteiger charge is -2.34. The second-order valence-corrected chi connectivity index (χ2v) is 5.68. The van der Waals surface area contributed by atoms with Crippen molar-refractivity contribution in [1.82, 2.24) is 4.90 Å². The minimum Gasteiger partial charge on any atom is -0.481 e. The largest absolute Gasteiger partial charge is 0.481 e. The summed E-state index contributed by atoms with van der Waals surface area (Å²) in [5, 5.41) is 19.7. The first-order valence-electron chi connectivity index (χ1n) is 6.44. The Labute approximate surface area is 129 Å². The first-order chi connectivity index (χ1) is 9.97. The third kappa shape index (κ3) is 4.23. The summed E-state index contributed by atoms with van der Waals surface area (Å²) >= 11 is 3.33. The second-order valence-electron chi connectivity index (χ2n) is 4.83. The van der Waals surface area contributed by atoms with Gasteiger partial charge in [-0.2, -0.15) is 0 Å². The van der Waals surface area contributed by atoms with Gasteiger partial charge in [-0.05, 0) is 11.6 Å². The number of benzene rings is 1. The topological polar surface area (TPSA) is 92.9 Å². The molecule has 1 aliphatic heterocycles. The van der Waals surface area contributed by atoms with Crippen LogP contribution in [0.4, 0.5) is 5.69 Å². The highest BCUT2D eigenvalue weighted by Gasteiger charge is 2.26. The highest BCUT2D eigenvalue weighted by Crippen LogP contribution is 2.25. The summed E-state index contributed by atoms with van der Waals surface area (Å²) in [6.07, 6.45) is 0.0185. The normalized spacial score (nSPS) is 19.4. The van der Waals surface area contributed by atoms with Gasteiger partial charge in [0.25, 0.3) is 5.69 Å². The van der Waals surface area contributed by atoms with Crippen molar-refractivity contribution in [2.45, 2.75) is 19.0 Å². The second kappa shape index (κ2) is 6.97. The number of carboxylic acid groups (broad SMARTS) is 1. The Morgan fingerprint density at radius 1 is 1.57 bits per heavy atom. The monoisotopic (exact) mass is 358 g/mol. The molecule has 2 rings (SSSR count). The number of ether oxygens (including phenoxy) is 1. The van der Waals surface area contributed by atoms with Gasteiger partial charge in [-0.15, -0.1) is 0 Å². The molecule has 8 heteroatoms. The van der Waals surface area contributed by atoms with Crippen molar-refractivity contribution in [1.29, 1.82) is 0 Å². The van der Waals surface area contributed by atoms with Crippen molar-refractivity contribution in [2.24, 2.45) is 0 Å². The number of nitrogens with zero attached hydrogens (tertiary/aromatic N) is 2. The smallest absolute Gasteiger partial charge is 0.305 e. The molecule has 0 spiro atoms. The van der Waals surface area contributed by atoms with E-state index in [0.29, 0.717) is 30.8 Å². The van der Waals surface area contributed by atoms with E-state index in [-0.39, 0.29) is 18.2 Å². The van der Waals surface area contributed by atoms with E-state index in [1.165, 1.54) is 12.1 Å². The van der Waals surface area contributed by atoms with Gasteiger partial charge in [0.1, 0.15) is 0 Å². The van der Waals surface area contributed by atoms with Crippen molar-refractivity contribution < 1.29 is 19.6 Å². The highest BCUT2D eigenvalue weighted by molar-refractivity contribution is 9.10. The molecule has 1 unspecified atom stereocenters. The highest BCUT2D eigenvalue weighted by atomic mass is 79.9. The molecule has 0 bridgehead atoms. The number of rotatable bonds is 5. The van der Waals surface area contributed by atoms with E-state index in [9.17, 15) is 14.9 Å². The number of carboxylic acids is 1. The number of carbonyl (C=O) groups is 1. The maximum absolute atomic E-state index is 10.9. The molecule has 1 aliphatic rings. The fourth-order valence-corrected chi connectivity index (χ4v) is 2.78. The summed E-state index contributed by atoms with van der Waals surface area (Å²) in [4.78, 5) is 23.2. The Balaban J connectivity index is 2.11. The molecule has 0 radical (unpaired) electrons. The van der Waals surface area contributed by atoms with Crippen molar-refractivity contribution >= 4 is 27.6 Å². The number of hydrogen-bond donors (Lipinski definition) is 1. The maximum Gasteiger partial charge on any atom is 0.305 e. The number of non-ortho nitro benzene ring substituents is 1. The SMILES string of the molecule is O=C(O)CC1COCCN1Cc1ccc([N+](=O)[O-])cc1Br. The van der Waals surface area contributed by atoms with E-state index in [1.807, 2.05) is 4.90 Å². The van der Waals surface area contributed by atoms with E-state index in [4.69, 9.17) is 9.84 Å². The minimum atomic E-state index is -0.863. The number of nitro groups is 1. The van der Waals surface area contributed by atoms with Crippen LogP contribution in [-0.4, -0.2) is 46.7 Å². The van der Waals surface area contributed by atoms with Crippen LogP contribution in [0.1, 0.15) is 12.0 Å². The van der Waals surface area contributed by atoms with Crippen molar-refractivity contribution in [3.05, 3.63) is 38.3 Å². The Hall–Kier alpha value is -1.51. The predicted molar refractivity (Wildman–Crippen MR) is 78.1 cm³/mol. The zero-order valence-electron chi connectivity index (χ0n) is 11.2. The Bertz CT molecular complexity index is 551. The molecule has 0 aliphatic carbocycles. The molecular formula is C13H15BrN2O5. The maximum atomic E-state index is 10.9. The van der Waals surface area contributed by atoms with Gasteiger partial charge >= 0.3 is 5.97 Å². The van der Waals surface area contributed by atoms with Crippen LogP contribution in [0, 0.1) is 10.1 Å². The summed E-state index contributed by atoms with van der Waals surface area (Å²) in [6.45, 7) is 2.11. The van der Waals surface area contributed by atoms with E-state index < -0.39 is 10.9 Å². The zero-order chi connectivity index (χ0) is 15.4. The lowest BCUT2D eigenvalue weighted by Crippen LogP contribution is -2.45. The van der Waals surface area contributed by atoms with E-state index >= 15 is 0 Å². The fraction of sp³-hybridized carbons (Fsp3) is 0.462. The fourth-order valence-electron chi connectivity index (χ4n) is 2.28. The van der Waals surface area contributed by atoms with Gasteiger partial charge in [0.15, 0.2) is 0 Å². The van der Waals surface area contributed by atoms with Gasteiger partial charge in [0.2, 0.25) is 0 Å². The number of aliphatic carboxylic acids is 1. The van der Waals surface area contributed by atoms with Crippen molar-refractivity contribution in [3.63, 3.8) is 0 Å². The van der Waals surface area contributed by atoms with Crippen molar-refractivity contribution in [2.75, 3.05) is 19.8 Å². The molecule has 0 amide bonds. The summed E-state index contributed by atoms with van der Waals surface area (Å²) in [6, 6.07) is 4.42. The first kappa shape index (κ1) is 15.9. The predicted octanol–water partition coefficient (Wildman–Crippen LogP) is 2.03. The van der Waals surface area contributed by atoms with Crippen LogP contribution < -0.4 is 0 Å². The zero-order valence-corrected chi connectivity index (χ0v) is 12.8. The Kier molecular flexibility index (Phi) is 5.27. The third-order valence-electron chi connectivity index (χ3n) is 3.38. The summed E-state index contributed by atoms with van der Waals surface area (Å²) in [7, 11) is 0. The van der Waals surface area contributed by atoms with Crippen LogP contribution in [0.3, 0.4) is 0 Å². The summed E-state index contributed by atoms with van der Waals surface area (Å²) < 4.78 is 5.98. The number of halogens is 1. The molecule has 7 nitrogen and oxygen atoms in total.